The lowest BCUT2D eigenvalue weighted by Gasteiger charge is -2.24. The molecule has 9 nitrogen and oxygen atoms in total. The molecule has 45 heavy (non-hydrogen) atoms. The van der Waals surface area contributed by atoms with Gasteiger partial charge in [0.15, 0.2) is 0 Å². The first-order valence-corrected chi connectivity index (χ1v) is 16.5. The summed E-state index contributed by atoms with van der Waals surface area (Å²) >= 11 is 14.9. The lowest BCUT2D eigenvalue weighted by Crippen LogP contribution is -2.30. The van der Waals surface area contributed by atoms with Gasteiger partial charge < -0.3 is 24.7 Å². The summed E-state index contributed by atoms with van der Waals surface area (Å²) in [6.07, 6.45) is 2.34. The molecule has 14 heteroatoms. The van der Waals surface area contributed by atoms with E-state index in [9.17, 15) is 14.0 Å². The largest absolute Gasteiger partial charge is 0.480 e. The van der Waals surface area contributed by atoms with E-state index in [0.29, 0.717) is 30.2 Å². The molecule has 1 amide bonds. The van der Waals surface area contributed by atoms with Gasteiger partial charge >= 0.3 is 12.1 Å². The number of carboxylic acids is 1. The predicted octanol–water partition coefficient (Wildman–Crippen LogP) is 9.42. The molecule has 0 fully saturated rings. The van der Waals surface area contributed by atoms with Crippen LogP contribution in [-0.2, 0) is 20.7 Å². The number of amides is 1. The molecule has 0 saturated carbocycles. The van der Waals surface area contributed by atoms with Crippen LogP contribution in [0.4, 0.5) is 9.18 Å². The number of hydrogen-bond acceptors (Lipinski definition) is 9. The van der Waals surface area contributed by atoms with E-state index in [-0.39, 0.29) is 22.2 Å². The molecule has 0 aliphatic heterocycles. The van der Waals surface area contributed by atoms with Crippen molar-refractivity contribution in [1.82, 2.24) is 14.6 Å². The minimum Gasteiger partial charge on any atom is -0.480 e. The molecule has 3 aromatic rings. The molecule has 252 valence electrons. The minimum absolute atomic E-state index is 0.107. The number of benzene rings is 2. The molecular formula is C31H44Cl2FN3O6S2. The van der Waals surface area contributed by atoms with Crippen LogP contribution in [-0.4, -0.2) is 59.0 Å². The Kier molecular flexibility index (Phi) is 24.9. The second-order valence-corrected chi connectivity index (χ2v) is 11.8. The Morgan fingerprint density at radius 2 is 1.76 bits per heavy atom. The van der Waals surface area contributed by atoms with E-state index in [4.69, 9.17) is 42.6 Å². The third kappa shape index (κ3) is 20.0. The van der Waals surface area contributed by atoms with Crippen LogP contribution in [0.1, 0.15) is 60.5 Å². The topological polar surface area (TPSA) is 118 Å². The third-order valence-electron chi connectivity index (χ3n) is 4.54. The number of aliphatic carboxylic acids is 1. The van der Waals surface area contributed by atoms with Gasteiger partial charge in [-0.3, -0.25) is 14.1 Å². The van der Waals surface area contributed by atoms with Crippen LogP contribution in [0.5, 0.6) is 11.5 Å². The number of thiazole rings is 1. The summed E-state index contributed by atoms with van der Waals surface area (Å²) in [5.41, 5.74) is 1.88. The average Bonchev–Trinajstić information content (AvgIpc) is 3.59. The number of carboxylic acid groups (broad SMARTS) is 1. The number of halogens is 3. The highest BCUT2D eigenvalue weighted by Gasteiger charge is 2.22. The second-order valence-electron chi connectivity index (χ2n) is 8.99. The smallest absolute Gasteiger partial charge is 0.420 e. The quantitative estimate of drug-likeness (QED) is 0.157. The van der Waals surface area contributed by atoms with E-state index in [1.165, 1.54) is 17.4 Å². The number of aryl methyl sites for hydroxylation is 1. The molecule has 2 N–H and O–H groups in total. The van der Waals surface area contributed by atoms with Gasteiger partial charge in [-0.2, -0.15) is 0 Å². The molecule has 0 aliphatic carbocycles. The molecule has 0 atom stereocenters. The number of carbonyl (C=O) groups excluding carboxylic acids is 2. The van der Waals surface area contributed by atoms with E-state index < -0.39 is 23.5 Å². The van der Waals surface area contributed by atoms with E-state index in [1.807, 2.05) is 39.9 Å². The van der Waals surface area contributed by atoms with Crippen LogP contribution in [0.3, 0.4) is 0 Å². The number of ether oxygens (including phenoxy) is 2. The molecule has 0 bridgehead atoms. The van der Waals surface area contributed by atoms with Gasteiger partial charge in [0.05, 0.1) is 22.0 Å². The van der Waals surface area contributed by atoms with E-state index in [2.05, 4.69) is 10.3 Å². The number of aromatic nitrogens is 1. The number of hydrogen-bond donors (Lipinski definition) is 2. The van der Waals surface area contributed by atoms with Crippen molar-refractivity contribution >= 4 is 65.3 Å². The summed E-state index contributed by atoms with van der Waals surface area (Å²) in [5, 5.41) is 14.1. The van der Waals surface area contributed by atoms with Crippen molar-refractivity contribution in [3.05, 3.63) is 68.8 Å². The Labute approximate surface area is 284 Å². The monoisotopic (exact) mass is 707 g/mol. The summed E-state index contributed by atoms with van der Waals surface area (Å²) in [6, 6.07) is 7.57. The standard InChI is InChI=1S/C23H27Cl2FN2O5S.C3H3NS.2C2H6.CH2O/c1-23(2,3)33-22(31)28(4)34-20-11-16(25)19(12-17(20)26)32-18-8-7-15(24)10-14(18)6-5-9-27-13-21(29)30;1-2-5-3-4-1;3*1-2/h7-8,10-12,27H,5-6,9,13H2,1-4H3,(H,29,30);1-3H;2*1-2H3;1H2. The van der Waals surface area contributed by atoms with Crippen LogP contribution >= 0.6 is 46.5 Å². The Morgan fingerprint density at radius 1 is 1.11 bits per heavy atom. The Balaban J connectivity index is 0. The van der Waals surface area contributed by atoms with Crippen molar-refractivity contribution < 1.29 is 33.4 Å². The zero-order valence-electron chi connectivity index (χ0n) is 27.0. The molecular weight excluding hydrogens is 664 g/mol. The zero-order chi connectivity index (χ0) is 35.0. The van der Waals surface area contributed by atoms with Crippen LogP contribution in [0.15, 0.2) is 52.3 Å². The highest BCUT2D eigenvalue weighted by Crippen LogP contribution is 2.38. The van der Waals surface area contributed by atoms with Crippen molar-refractivity contribution in [2.75, 3.05) is 20.1 Å². The maximum atomic E-state index is 14.8. The molecule has 0 radical (unpaired) electrons. The van der Waals surface area contributed by atoms with Crippen LogP contribution in [0.25, 0.3) is 0 Å². The molecule has 1 aromatic heterocycles. The van der Waals surface area contributed by atoms with Gasteiger partial charge in [-0.15, -0.1) is 11.3 Å². The normalized spacial score (nSPS) is 9.76. The van der Waals surface area contributed by atoms with Gasteiger partial charge in [0, 0.05) is 29.7 Å². The summed E-state index contributed by atoms with van der Waals surface area (Å²) in [5.74, 6) is -0.984. The lowest BCUT2D eigenvalue weighted by atomic mass is 10.1. The van der Waals surface area contributed by atoms with Gasteiger partial charge in [0.1, 0.15) is 29.7 Å². The summed E-state index contributed by atoms with van der Waals surface area (Å²) in [6.45, 7) is 15.6. The van der Waals surface area contributed by atoms with Crippen LogP contribution < -0.4 is 10.1 Å². The maximum absolute atomic E-state index is 14.8. The summed E-state index contributed by atoms with van der Waals surface area (Å²) in [7, 11) is 1.47. The van der Waals surface area contributed by atoms with Gasteiger partial charge in [-0.25, -0.2) is 9.18 Å². The average molecular weight is 709 g/mol. The number of nitrogens with zero attached hydrogens (tertiary/aromatic N) is 2. The molecule has 0 spiro atoms. The van der Waals surface area contributed by atoms with Crippen molar-refractivity contribution in [1.29, 1.82) is 0 Å². The van der Waals surface area contributed by atoms with Crippen molar-refractivity contribution in [3.63, 3.8) is 0 Å². The van der Waals surface area contributed by atoms with E-state index in [0.717, 1.165) is 23.6 Å². The van der Waals surface area contributed by atoms with Crippen molar-refractivity contribution in [2.45, 2.75) is 71.8 Å². The SMILES string of the molecule is C=O.CC.CC.CN(Sc1cc(Cl)c(Oc2ccc(Cl)cc2CCCNCC(=O)O)cc1F)C(=O)OC(C)(C)C.c1cscn1. The molecule has 0 unspecified atom stereocenters. The Morgan fingerprint density at radius 3 is 2.27 bits per heavy atom. The third-order valence-corrected chi connectivity index (χ3v) is 6.52. The van der Waals surface area contributed by atoms with Gasteiger partial charge in [-0.1, -0.05) is 50.9 Å². The molecule has 2 aromatic carbocycles. The lowest BCUT2D eigenvalue weighted by molar-refractivity contribution is -0.135. The van der Waals surface area contributed by atoms with E-state index in [1.54, 1.807) is 62.0 Å². The van der Waals surface area contributed by atoms with Crippen LogP contribution in [0.2, 0.25) is 10.0 Å². The first-order valence-electron chi connectivity index (χ1n) is 14.0. The number of nitrogens with one attached hydrogen (secondary N) is 1. The van der Waals surface area contributed by atoms with Gasteiger partial charge in [-0.05, 0) is 81.9 Å². The molecule has 0 aliphatic rings. The van der Waals surface area contributed by atoms with Crippen LogP contribution in [0, 0.1) is 5.82 Å². The molecule has 0 saturated heterocycles. The fourth-order valence-electron chi connectivity index (χ4n) is 2.91. The fourth-order valence-corrected chi connectivity index (χ4v) is 4.44. The summed E-state index contributed by atoms with van der Waals surface area (Å²) in [4.78, 5) is 34.6. The Hall–Kier alpha value is -2.90. The highest BCUT2D eigenvalue weighted by atomic mass is 35.5. The van der Waals surface area contributed by atoms with Crippen molar-refractivity contribution in [3.8, 4) is 11.5 Å². The zero-order valence-corrected chi connectivity index (χ0v) is 30.1. The number of rotatable bonds is 10. The first-order chi connectivity index (χ1) is 21.4. The minimum atomic E-state index is -0.928. The predicted molar refractivity (Wildman–Crippen MR) is 184 cm³/mol. The fraction of sp³-hybridized carbons (Fsp3) is 0.419. The maximum Gasteiger partial charge on any atom is 0.420 e. The highest BCUT2D eigenvalue weighted by molar-refractivity contribution is 7.97. The molecule has 3 rings (SSSR count). The first kappa shape index (κ1) is 44.2. The van der Waals surface area contributed by atoms with E-state index >= 15 is 0 Å². The second kappa shape index (κ2) is 25.3. The van der Waals surface area contributed by atoms with Gasteiger partial charge in [0.25, 0.3) is 0 Å². The summed E-state index contributed by atoms with van der Waals surface area (Å²) < 4.78 is 27.1. The van der Waals surface area contributed by atoms with Gasteiger partial charge in [0.2, 0.25) is 0 Å². The Bertz CT molecular complexity index is 1230. The van der Waals surface area contributed by atoms with Crippen molar-refractivity contribution in [2.24, 2.45) is 0 Å². The number of carbonyl (C=O) groups is 3. The molecule has 1 heterocycles.